The van der Waals surface area contributed by atoms with Gasteiger partial charge in [-0.15, -0.1) is 12.4 Å². The predicted octanol–water partition coefficient (Wildman–Crippen LogP) is 2.86. The third-order valence-electron chi connectivity index (χ3n) is 5.85. The lowest BCUT2D eigenvalue weighted by Crippen LogP contribution is -2.31. The molecule has 0 spiro atoms. The minimum atomic E-state index is -1.67. The van der Waals surface area contributed by atoms with E-state index in [0.717, 1.165) is 25.2 Å². The number of aromatic hydroxyl groups is 1. The molecule has 0 amide bonds. The number of likely N-dealkylation sites (N-methyl/N-ethyl adjacent to an activating group) is 1. The SMILES string of the molecule is CC1COc2cc(N3CCC(N(C)C)C3)ccc2-c2[nH]c(=O)c(OC(=O)O)c(O)c21.Cl. The molecule has 168 valence electrons. The minimum Gasteiger partial charge on any atom is -0.504 e. The lowest BCUT2D eigenvalue weighted by Gasteiger charge is -2.22. The van der Waals surface area contributed by atoms with E-state index in [2.05, 4.69) is 33.6 Å². The van der Waals surface area contributed by atoms with E-state index in [1.165, 1.54) is 0 Å². The highest BCUT2D eigenvalue weighted by Crippen LogP contribution is 2.44. The molecule has 2 aliphatic rings. The van der Waals surface area contributed by atoms with Gasteiger partial charge >= 0.3 is 6.16 Å². The van der Waals surface area contributed by atoms with Gasteiger partial charge in [0.05, 0.1) is 12.3 Å². The van der Waals surface area contributed by atoms with Crippen molar-refractivity contribution < 1.29 is 24.5 Å². The number of halogens is 1. The van der Waals surface area contributed by atoms with Gasteiger partial charge in [-0.25, -0.2) is 4.79 Å². The highest BCUT2D eigenvalue weighted by Gasteiger charge is 2.30. The van der Waals surface area contributed by atoms with Gasteiger partial charge in [-0.2, -0.15) is 0 Å². The van der Waals surface area contributed by atoms with Crippen LogP contribution >= 0.6 is 12.4 Å². The lowest BCUT2D eigenvalue weighted by atomic mass is 9.95. The summed E-state index contributed by atoms with van der Waals surface area (Å²) in [5.74, 6) is -0.792. The maximum atomic E-state index is 12.4. The molecule has 9 nitrogen and oxygen atoms in total. The van der Waals surface area contributed by atoms with Crippen LogP contribution in [-0.2, 0) is 0 Å². The first kappa shape index (κ1) is 22.8. The number of pyridine rings is 1. The van der Waals surface area contributed by atoms with Crippen molar-refractivity contribution in [1.82, 2.24) is 9.88 Å². The van der Waals surface area contributed by atoms with Gasteiger partial charge in [-0.3, -0.25) is 4.79 Å². The number of aromatic nitrogens is 1. The van der Waals surface area contributed by atoms with E-state index in [4.69, 9.17) is 9.84 Å². The molecule has 31 heavy (non-hydrogen) atoms. The molecule has 2 aliphatic heterocycles. The molecule has 4 rings (SSSR count). The molecular weight excluding hydrogens is 426 g/mol. The molecule has 2 unspecified atom stereocenters. The van der Waals surface area contributed by atoms with Crippen LogP contribution in [0.4, 0.5) is 10.5 Å². The lowest BCUT2D eigenvalue weighted by molar-refractivity contribution is 0.142. The van der Waals surface area contributed by atoms with Crippen LogP contribution in [0, 0.1) is 0 Å². The van der Waals surface area contributed by atoms with E-state index in [0.29, 0.717) is 28.6 Å². The summed E-state index contributed by atoms with van der Waals surface area (Å²) < 4.78 is 10.5. The average molecular weight is 452 g/mol. The summed E-state index contributed by atoms with van der Waals surface area (Å²) in [6.07, 6.45) is -0.585. The maximum Gasteiger partial charge on any atom is 0.511 e. The molecule has 10 heteroatoms. The van der Waals surface area contributed by atoms with Gasteiger partial charge in [-0.1, -0.05) is 6.92 Å². The van der Waals surface area contributed by atoms with Gasteiger partial charge in [-0.05, 0) is 32.6 Å². The first-order valence-electron chi connectivity index (χ1n) is 9.84. The number of nitrogens with one attached hydrogen (secondary N) is 1. The number of carboxylic acid groups (broad SMARTS) is 1. The molecule has 1 aromatic heterocycles. The number of fused-ring (bicyclic) bond motifs is 3. The maximum absolute atomic E-state index is 12.4. The van der Waals surface area contributed by atoms with Crippen molar-refractivity contribution in [2.45, 2.75) is 25.3 Å². The van der Waals surface area contributed by atoms with E-state index >= 15 is 0 Å². The van der Waals surface area contributed by atoms with E-state index in [9.17, 15) is 14.7 Å². The minimum absolute atomic E-state index is 0. The van der Waals surface area contributed by atoms with Crippen LogP contribution < -0.4 is 19.9 Å². The smallest absolute Gasteiger partial charge is 0.504 e. The number of nitrogens with zero attached hydrogens (tertiary/aromatic N) is 2. The second-order valence-corrected chi connectivity index (χ2v) is 8.03. The first-order chi connectivity index (χ1) is 14.3. The summed E-state index contributed by atoms with van der Waals surface area (Å²) in [6.45, 7) is 3.96. The van der Waals surface area contributed by atoms with E-state index < -0.39 is 23.2 Å². The van der Waals surface area contributed by atoms with Crippen molar-refractivity contribution in [2.75, 3.05) is 38.7 Å². The van der Waals surface area contributed by atoms with Gasteiger partial charge in [0.1, 0.15) is 5.75 Å². The molecule has 3 heterocycles. The number of carbonyl (C=O) groups is 1. The number of rotatable bonds is 3. The fourth-order valence-electron chi connectivity index (χ4n) is 4.19. The molecule has 1 fully saturated rings. The van der Waals surface area contributed by atoms with Crippen molar-refractivity contribution in [2.24, 2.45) is 0 Å². The summed E-state index contributed by atoms with van der Waals surface area (Å²) >= 11 is 0. The van der Waals surface area contributed by atoms with Crippen molar-refractivity contribution in [3.8, 4) is 28.5 Å². The van der Waals surface area contributed by atoms with Gasteiger partial charge in [0.25, 0.3) is 5.56 Å². The molecule has 1 saturated heterocycles. The number of aromatic amines is 1. The zero-order valence-corrected chi connectivity index (χ0v) is 18.4. The Kier molecular flexibility index (Phi) is 6.38. The van der Waals surface area contributed by atoms with Crippen LogP contribution in [0.2, 0.25) is 0 Å². The Morgan fingerprint density at radius 3 is 2.74 bits per heavy atom. The fraction of sp³-hybridized carbons (Fsp3) is 0.429. The summed E-state index contributed by atoms with van der Waals surface area (Å²) in [5, 5.41) is 19.5. The molecule has 0 bridgehead atoms. The summed E-state index contributed by atoms with van der Waals surface area (Å²) in [4.78, 5) is 30.5. The monoisotopic (exact) mass is 451 g/mol. The quantitative estimate of drug-likeness (QED) is 0.610. The average Bonchev–Trinajstić information content (AvgIpc) is 3.14. The van der Waals surface area contributed by atoms with Crippen LogP contribution in [0.15, 0.2) is 23.0 Å². The standard InChI is InChI=1S/C21H25N3O6.ClH/c1-11-10-29-15-8-12(24-7-6-13(9-24)23(2)3)4-5-14(15)17-16(11)18(25)19(20(26)22-17)30-21(27)28;/h4-5,8,11,13H,6-7,9-10H2,1-3H3,(H,27,28)(H2,22,25,26);1H. The largest absolute Gasteiger partial charge is 0.511 e. The number of hydrogen-bond donors (Lipinski definition) is 3. The fourth-order valence-corrected chi connectivity index (χ4v) is 4.19. The Bertz CT molecular complexity index is 1050. The Morgan fingerprint density at radius 1 is 1.35 bits per heavy atom. The molecule has 0 radical (unpaired) electrons. The number of ether oxygens (including phenoxy) is 2. The molecule has 2 atom stereocenters. The van der Waals surface area contributed by atoms with Gasteiger partial charge in [0.2, 0.25) is 5.75 Å². The van der Waals surface area contributed by atoms with Crippen LogP contribution in [0.3, 0.4) is 0 Å². The van der Waals surface area contributed by atoms with Gasteiger partial charge < -0.3 is 34.5 Å². The summed E-state index contributed by atoms with van der Waals surface area (Å²) in [7, 11) is 4.16. The van der Waals surface area contributed by atoms with Crippen molar-refractivity contribution in [3.63, 3.8) is 0 Å². The first-order valence-corrected chi connectivity index (χ1v) is 9.84. The number of hydrogen-bond acceptors (Lipinski definition) is 7. The highest BCUT2D eigenvalue weighted by atomic mass is 35.5. The summed E-state index contributed by atoms with van der Waals surface area (Å²) in [6, 6.07) is 6.27. The molecule has 0 saturated carbocycles. The van der Waals surface area contributed by atoms with Crippen molar-refractivity contribution in [1.29, 1.82) is 0 Å². The predicted molar refractivity (Wildman–Crippen MR) is 118 cm³/mol. The number of benzene rings is 1. The van der Waals surface area contributed by atoms with E-state index in [1.807, 2.05) is 25.1 Å². The Balaban J connectivity index is 0.00000272. The Labute approximate surface area is 185 Å². The normalized spacial score (nSPS) is 19.7. The molecular formula is C21H26ClN3O6. The van der Waals surface area contributed by atoms with Crippen molar-refractivity contribution >= 4 is 24.2 Å². The molecule has 1 aromatic carbocycles. The van der Waals surface area contributed by atoms with Gasteiger partial charge in [0.15, 0.2) is 5.75 Å². The third-order valence-corrected chi connectivity index (χ3v) is 5.85. The molecule has 2 aromatic rings. The number of anilines is 1. The van der Waals surface area contributed by atoms with Crippen LogP contribution in [0.1, 0.15) is 24.8 Å². The Hall–Kier alpha value is -2.91. The Morgan fingerprint density at radius 2 is 2.10 bits per heavy atom. The zero-order valence-electron chi connectivity index (χ0n) is 17.5. The second-order valence-electron chi connectivity index (χ2n) is 8.03. The van der Waals surface area contributed by atoms with Crippen LogP contribution in [0.25, 0.3) is 11.3 Å². The zero-order chi connectivity index (χ0) is 21.6. The van der Waals surface area contributed by atoms with Crippen molar-refractivity contribution in [3.05, 3.63) is 34.1 Å². The van der Waals surface area contributed by atoms with Crippen LogP contribution in [-0.4, -0.2) is 66.1 Å². The van der Waals surface area contributed by atoms with Crippen LogP contribution in [0.5, 0.6) is 17.2 Å². The topological polar surface area (TPSA) is 115 Å². The van der Waals surface area contributed by atoms with Gasteiger partial charge in [0, 0.05) is 47.9 Å². The highest BCUT2D eigenvalue weighted by molar-refractivity contribution is 5.85. The van der Waals surface area contributed by atoms with E-state index in [1.54, 1.807) is 0 Å². The molecule has 3 N–H and O–H groups in total. The van der Waals surface area contributed by atoms with E-state index in [-0.39, 0.29) is 24.9 Å². The third kappa shape index (κ3) is 4.15. The molecule has 0 aliphatic carbocycles. The number of H-pyrrole nitrogens is 1. The summed E-state index contributed by atoms with van der Waals surface area (Å²) in [5.41, 5.74) is 1.66. The second kappa shape index (κ2) is 8.68.